The lowest BCUT2D eigenvalue weighted by atomic mass is 10.2. The molecule has 2 aromatic heterocycles. The summed E-state index contributed by atoms with van der Waals surface area (Å²) in [6.45, 7) is 3.25. The Morgan fingerprint density at radius 3 is 2.88 bits per heavy atom. The summed E-state index contributed by atoms with van der Waals surface area (Å²) in [6, 6.07) is 9.03. The summed E-state index contributed by atoms with van der Waals surface area (Å²) in [6.07, 6.45) is 1.12. The van der Waals surface area contributed by atoms with E-state index < -0.39 is 0 Å². The van der Waals surface area contributed by atoms with Crippen molar-refractivity contribution >= 4 is 38.6 Å². The average Bonchev–Trinajstić information content (AvgIpc) is 2.89. The van der Waals surface area contributed by atoms with E-state index in [1.807, 2.05) is 11.3 Å². The van der Waals surface area contributed by atoms with Crippen molar-refractivity contribution in [2.45, 2.75) is 19.4 Å². The summed E-state index contributed by atoms with van der Waals surface area (Å²) in [5.41, 5.74) is 0. The molecule has 2 heterocycles. The molecule has 1 unspecified atom stereocenters. The number of hydrogen-bond donors (Lipinski definition) is 1. The Balaban J connectivity index is 1.78. The van der Waals surface area contributed by atoms with Gasteiger partial charge in [-0.05, 0) is 52.9 Å². The summed E-state index contributed by atoms with van der Waals surface area (Å²) in [5, 5.41) is 5.68. The molecule has 0 aliphatic heterocycles. The van der Waals surface area contributed by atoms with E-state index in [9.17, 15) is 0 Å². The van der Waals surface area contributed by atoms with E-state index in [1.54, 1.807) is 11.3 Å². The van der Waals surface area contributed by atoms with Gasteiger partial charge in [0.2, 0.25) is 0 Å². The van der Waals surface area contributed by atoms with Crippen LogP contribution in [0.2, 0.25) is 0 Å². The fourth-order valence-corrected chi connectivity index (χ4v) is 3.69. The molecule has 0 spiro atoms. The predicted octanol–water partition coefficient (Wildman–Crippen LogP) is 4.47. The summed E-state index contributed by atoms with van der Waals surface area (Å²) >= 11 is 7.12. The van der Waals surface area contributed by atoms with Crippen LogP contribution in [-0.2, 0) is 6.42 Å². The molecule has 2 aromatic rings. The van der Waals surface area contributed by atoms with Crippen LogP contribution in [0.1, 0.15) is 22.7 Å². The third-order valence-corrected chi connectivity index (χ3v) is 5.17. The Labute approximate surface area is 113 Å². The van der Waals surface area contributed by atoms with Gasteiger partial charge in [0.15, 0.2) is 0 Å². The topological polar surface area (TPSA) is 12.0 Å². The predicted molar refractivity (Wildman–Crippen MR) is 76.5 cm³/mol. The zero-order valence-corrected chi connectivity index (χ0v) is 12.3. The minimum Gasteiger partial charge on any atom is -0.309 e. The van der Waals surface area contributed by atoms with Gasteiger partial charge in [0.05, 0.1) is 3.79 Å². The van der Waals surface area contributed by atoms with Crippen LogP contribution in [0.15, 0.2) is 33.4 Å². The number of nitrogens with one attached hydrogen (secondary N) is 1. The highest BCUT2D eigenvalue weighted by atomic mass is 79.9. The second kappa shape index (κ2) is 5.96. The Morgan fingerprint density at radius 1 is 1.38 bits per heavy atom. The van der Waals surface area contributed by atoms with E-state index in [4.69, 9.17) is 0 Å². The number of rotatable bonds is 5. The van der Waals surface area contributed by atoms with E-state index in [0.717, 1.165) is 13.0 Å². The van der Waals surface area contributed by atoms with E-state index >= 15 is 0 Å². The lowest BCUT2D eigenvalue weighted by Crippen LogP contribution is -2.20. The first-order chi connectivity index (χ1) is 7.75. The van der Waals surface area contributed by atoms with Crippen molar-refractivity contribution in [1.82, 2.24) is 5.32 Å². The van der Waals surface area contributed by atoms with Crippen molar-refractivity contribution in [3.05, 3.63) is 43.2 Å². The van der Waals surface area contributed by atoms with Gasteiger partial charge in [0.25, 0.3) is 0 Å². The van der Waals surface area contributed by atoms with Crippen molar-refractivity contribution in [3.8, 4) is 0 Å². The molecule has 0 bridgehead atoms. The van der Waals surface area contributed by atoms with Crippen LogP contribution in [0.4, 0.5) is 0 Å². The molecule has 1 N–H and O–H groups in total. The fraction of sp³-hybridized carbons (Fsp3) is 0.333. The van der Waals surface area contributed by atoms with Gasteiger partial charge in [0.1, 0.15) is 0 Å². The molecule has 1 nitrogen and oxygen atoms in total. The van der Waals surface area contributed by atoms with E-state index in [-0.39, 0.29) is 0 Å². The second-order valence-corrected chi connectivity index (χ2v) is 7.17. The molecule has 0 aromatic carbocycles. The molecule has 2 rings (SSSR count). The maximum absolute atomic E-state index is 3.55. The van der Waals surface area contributed by atoms with Gasteiger partial charge in [-0.15, -0.1) is 22.7 Å². The summed E-state index contributed by atoms with van der Waals surface area (Å²) in [4.78, 5) is 2.84. The maximum Gasteiger partial charge on any atom is 0.0701 e. The van der Waals surface area contributed by atoms with Gasteiger partial charge >= 0.3 is 0 Å². The molecule has 0 aliphatic carbocycles. The standard InChI is InChI=1S/C12H14BrNS2/c1-9(11-4-5-12(13)16-11)14-7-6-10-3-2-8-15-10/h2-5,8-9,14H,6-7H2,1H3. The highest BCUT2D eigenvalue weighted by Gasteiger charge is 2.06. The Morgan fingerprint density at radius 2 is 2.25 bits per heavy atom. The minimum atomic E-state index is 0.441. The molecule has 0 radical (unpaired) electrons. The van der Waals surface area contributed by atoms with Crippen LogP contribution >= 0.6 is 38.6 Å². The summed E-state index contributed by atoms with van der Waals surface area (Å²) in [5.74, 6) is 0. The molecule has 0 saturated heterocycles. The molecule has 0 saturated carbocycles. The largest absolute Gasteiger partial charge is 0.309 e. The van der Waals surface area contributed by atoms with Gasteiger partial charge in [-0.1, -0.05) is 6.07 Å². The normalized spacial score (nSPS) is 12.9. The lowest BCUT2D eigenvalue weighted by molar-refractivity contribution is 0.586. The van der Waals surface area contributed by atoms with E-state index in [0.29, 0.717) is 6.04 Å². The molecule has 1 atom stereocenters. The monoisotopic (exact) mass is 315 g/mol. The molecule has 86 valence electrons. The van der Waals surface area contributed by atoms with Gasteiger partial charge in [-0.3, -0.25) is 0 Å². The molecule has 16 heavy (non-hydrogen) atoms. The fourth-order valence-electron chi connectivity index (χ4n) is 1.53. The second-order valence-electron chi connectivity index (χ2n) is 3.65. The molecule has 0 aliphatic rings. The van der Waals surface area contributed by atoms with Crippen LogP contribution in [0.3, 0.4) is 0 Å². The van der Waals surface area contributed by atoms with Gasteiger partial charge < -0.3 is 5.32 Å². The smallest absolute Gasteiger partial charge is 0.0701 e. The van der Waals surface area contributed by atoms with Crippen LogP contribution in [0, 0.1) is 0 Å². The van der Waals surface area contributed by atoms with Crippen LogP contribution in [0.5, 0.6) is 0 Å². The molecule has 0 fully saturated rings. The first-order valence-electron chi connectivity index (χ1n) is 5.26. The highest BCUT2D eigenvalue weighted by Crippen LogP contribution is 2.26. The summed E-state index contributed by atoms with van der Waals surface area (Å²) < 4.78 is 1.20. The highest BCUT2D eigenvalue weighted by molar-refractivity contribution is 9.11. The van der Waals surface area contributed by atoms with Gasteiger partial charge in [0, 0.05) is 22.3 Å². The first kappa shape index (κ1) is 12.3. The zero-order valence-electron chi connectivity index (χ0n) is 9.07. The summed E-state index contributed by atoms with van der Waals surface area (Å²) in [7, 11) is 0. The van der Waals surface area contributed by atoms with E-state index in [2.05, 4.69) is 57.8 Å². The van der Waals surface area contributed by atoms with Crippen LogP contribution in [-0.4, -0.2) is 6.54 Å². The van der Waals surface area contributed by atoms with Crippen LogP contribution < -0.4 is 5.32 Å². The first-order valence-corrected chi connectivity index (χ1v) is 7.75. The zero-order chi connectivity index (χ0) is 11.4. The third kappa shape index (κ3) is 3.42. The molecule has 4 heteroatoms. The average molecular weight is 316 g/mol. The van der Waals surface area contributed by atoms with E-state index in [1.165, 1.54) is 13.5 Å². The third-order valence-electron chi connectivity index (χ3n) is 2.42. The van der Waals surface area contributed by atoms with Gasteiger partial charge in [-0.25, -0.2) is 0 Å². The Bertz CT molecular complexity index is 422. The van der Waals surface area contributed by atoms with Crippen molar-refractivity contribution in [2.24, 2.45) is 0 Å². The van der Waals surface area contributed by atoms with Crippen molar-refractivity contribution in [2.75, 3.05) is 6.54 Å². The minimum absolute atomic E-state index is 0.441. The van der Waals surface area contributed by atoms with Gasteiger partial charge in [-0.2, -0.15) is 0 Å². The number of hydrogen-bond acceptors (Lipinski definition) is 3. The molecule has 0 amide bonds. The van der Waals surface area contributed by atoms with Crippen molar-refractivity contribution in [3.63, 3.8) is 0 Å². The van der Waals surface area contributed by atoms with Crippen molar-refractivity contribution < 1.29 is 0 Å². The number of halogens is 1. The quantitative estimate of drug-likeness (QED) is 0.858. The SMILES string of the molecule is CC(NCCc1cccs1)c1ccc(Br)s1. The Kier molecular flexibility index (Phi) is 4.58. The molecular weight excluding hydrogens is 302 g/mol. The maximum atomic E-state index is 3.55. The van der Waals surface area contributed by atoms with Crippen LogP contribution in [0.25, 0.3) is 0 Å². The number of thiophene rings is 2. The van der Waals surface area contributed by atoms with Crippen molar-refractivity contribution in [1.29, 1.82) is 0 Å². The molecular formula is C12H14BrNS2. The Hall–Kier alpha value is -0.160. The lowest BCUT2D eigenvalue weighted by Gasteiger charge is -2.11.